The Labute approximate surface area is 65.8 Å². The normalized spacial score (nSPS) is 23.1. The highest BCUT2D eigenvalue weighted by molar-refractivity contribution is 5.38. The molecule has 0 aliphatic heterocycles. The molecule has 1 aliphatic carbocycles. The first kappa shape index (κ1) is 7.62. The van der Waals surface area contributed by atoms with Crippen molar-refractivity contribution in [3.63, 3.8) is 0 Å². The van der Waals surface area contributed by atoms with Crippen molar-refractivity contribution in [1.29, 1.82) is 5.26 Å². The van der Waals surface area contributed by atoms with Crippen molar-refractivity contribution >= 4 is 0 Å². The van der Waals surface area contributed by atoms with Gasteiger partial charge >= 0.3 is 0 Å². The fourth-order valence-corrected chi connectivity index (χ4v) is 0.961. The largest absolute Gasteiger partial charge is 0.508 e. The summed E-state index contributed by atoms with van der Waals surface area (Å²) in [5, 5.41) is 17.7. The predicted molar refractivity (Wildman–Crippen MR) is 42.7 cm³/mol. The smallest absolute Gasteiger partial charge is 0.112 e. The van der Waals surface area contributed by atoms with Gasteiger partial charge < -0.3 is 5.11 Å². The fourth-order valence-electron chi connectivity index (χ4n) is 0.961. The summed E-state index contributed by atoms with van der Waals surface area (Å²) in [7, 11) is 0. The molecule has 0 amide bonds. The monoisotopic (exact) mass is 147 g/mol. The molecule has 2 nitrogen and oxygen atoms in total. The van der Waals surface area contributed by atoms with Crippen LogP contribution in [0.1, 0.15) is 6.92 Å². The van der Waals surface area contributed by atoms with Crippen LogP contribution in [0, 0.1) is 17.2 Å². The third kappa shape index (κ3) is 1.98. The number of nitrogens with zero attached hydrogens (tertiary/aromatic N) is 1. The van der Waals surface area contributed by atoms with Gasteiger partial charge in [-0.25, -0.2) is 0 Å². The standard InChI is InChI=1S/C9H9NO/c1-7-4-8(6-10)2-3-9(11)5-7/h2-5,7,11H,1H3/t7-/m0/s1. The maximum Gasteiger partial charge on any atom is 0.112 e. The predicted octanol–water partition coefficient (Wildman–Crippen LogP) is 2.08. The lowest BCUT2D eigenvalue weighted by Crippen LogP contribution is -1.84. The third-order valence-corrected chi connectivity index (χ3v) is 1.44. The first-order valence-electron chi connectivity index (χ1n) is 3.43. The first-order valence-corrected chi connectivity index (χ1v) is 3.43. The summed E-state index contributed by atoms with van der Waals surface area (Å²) in [6.45, 7) is 1.92. The van der Waals surface area contributed by atoms with E-state index in [0.29, 0.717) is 5.57 Å². The van der Waals surface area contributed by atoms with Crippen molar-refractivity contribution < 1.29 is 5.11 Å². The van der Waals surface area contributed by atoms with E-state index in [1.54, 1.807) is 18.2 Å². The molecule has 2 heteroatoms. The van der Waals surface area contributed by atoms with Crippen LogP contribution in [0.2, 0.25) is 0 Å². The summed E-state index contributed by atoms with van der Waals surface area (Å²) in [6.07, 6.45) is 6.63. The lowest BCUT2D eigenvalue weighted by Gasteiger charge is -1.95. The number of rotatable bonds is 0. The molecule has 0 heterocycles. The molecule has 1 N–H and O–H groups in total. The van der Waals surface area contributed by atoms with Crippen LogP contribution in [0.5, 0.6) is 0 Å². The maximum absolute atomic E-state index is 9.10. The van der Waals surface area contributed by atoms with Crippen LogP contribution in [0.25, 0.3) is 0 Å². The van der Waals surface area contributed by atoms with Crippen molar-refractivity contribution in [2.75, 3.05) is 0 Å². The molecule has 0 aromatic carbocycles. The van der Waals surface area contributed by atoms with Gasteiger partial charge in [-0.05, 0) is 24.1 Å². The minimum absolute atomic E-state index is 0.125. The molecule has 56 valence electrons. The van der Waals surface area contributed by atoms with E-state index >= 15 is 0 Å². The summed E-state index contributed by atoms with van der Waals surface area (Å²) in [5.41, 5.74) is 0.595. The van der Waals surface area contributed by atoms with Crippen LogP contribution in [0.15, 0.2) is 35.6 Å². The van der Waals surface area contributed by atoms with Crippen molar-refractivity contribution in [3.8, 4) is 6.07 Å². The molecule has 0 spiro atoms. The van der Waals surface area contributed by atoms with Crippen LogP contribution in [0.4, 0.5) is 0 Å². The summed E-state index contributed by atoms with van der Waals surface area (Å²) in [6, 6.07) is 2.02. The van der Waals surface area contributed by atoms with Gasteiger partial charge in [0, 0.05) is 5.57 Å². The number of hydrogen-bond donors (Lipinski definition) is 1. The lowest BCUT2D eigenvalue weighted by molar-refractivity contribution is 0.428. The third-order valence-electron chi connectivity index (χ3n) is 1.44. The first-order chi connectivity index (χ1) is 5.22. The molecule has 1 rings (SSSR count). The van der Waals surface area contributed by atoms with Gasteiger partial charge in [0.1, 0.15) is 5.76 Å². The van der Waals surface area contributed by atoms with Gasteiger partial charge in [0.25, 0.3) is 0 Å². The molecule has 0 radical (unpaired) electrons. The highest BCUT2D eigenvalue weighted by atomic mass is 16.3. The summed E-state index contributed by atoms with van der Waals surface area (Å²) in [4.78, 5) is 0. The van der Waals surface area contributed by atoms with Crippen molar-refractivity contribution in [1.82, 2.24) is 0 Å². The number of nitriles is 1. The van der Waals surface area contributed by atoms with Crippen LogP contribution < -0.4 is 0 Å². The van der Waals surface area contributed by atoms with Crippen LogP contribution in [-0.2, 0) is 0 Å². The molecular weight excluding hydrogens is 138 g/mol. The van der Waals surface area contributed by atoms with E-state index in [1.807, 2.05) is 13.0 Å². The number of aliphatic hydroxyl groups is 1. The van der Waals surface area contributed by atoms with Gasteiger partial charge in [0.05, 0.1) is 6.07 Å². The van der Waals surface area contributed by atoms with Crippen LogP contribution >= 0.6 is 0 Å². The molecule has 0 saturated carbocycles. The van der Waals surface area contributed by atoms with Gasteiger partial charge in [-0.1, -0.05) is 13.0 Å². The Bertz CT molecular complexity index is 278. The minimum Gasteiger partial charge on any atom is -0.508 e. The average molecular weight is 147 g/mol. The quantitative estimate of drug-likeness (QED) is 0.570. The lowest BCUT2D eigenvalue weighted by atomic mass is 10.1. The summed E-state index contributed by atoms with van der Waals surface area (Å²) < 4.78 is 0. The average Bonchev–Trinajstić information content (AvgIpc) is 2.11. The second-order valence-electron chi connectivity index (χ2n) is 2.52. The molecule has 0 bridgehead atoms. The second kappa shape index (κ2) is 3.07. The van der Waals surface area contributed by atoms with E-state index < -0.39 is 0 Å². The highest BCUT2D eigenvalue weighted by Gasteiger charge is 2.01. The molecule has 0 unspecified atom stereocenters. The molecule has 0 fully saturated rings. The molecule has 1 atom stereocenters. The van der Waals surface area contributed by atoms with E-state index in [-0.39, 0.29) is 11.7 Å². The highest BCUT2D eigenvalue weighted by Crippen LogP contribution is 2.12. The number of hydrogen-bond acceptors (Lipinski definition) is 2. The molecule has 11 heavy (non-hydrogen) atoms. The number of aliphatic hydroxyl groups excluding tert-OH is 1. The Morgan fingerprint density at radius 1 is 1.45 bits per heavy atom. The van der Waals surface area contributed by atoms with Crippen molar-refractivity contribution in [2.24, 2.45) is 5.92 Å². The Morgan fingerprint density at radius 3 is 2.82 bits per heavy atom. The summed E-state index contributed by atoms with van der Waals surface area (Å²) in [5.74, 6) is 0.346. The zero-order chi connectivity index (χ0) is 8.27. The summed E-state index contributed by atoms with van der Waals surface area (Å²) >= 11 is 0. The van der Waals surface area contributed by atoms with Gasteiger partial charge in [-0.3, -0.25) is 0 Å². The van der Waals surface area contributed by atoms with Crippen molar-refractivity contribution in [2.45, 2.75) is 6.92 Å². The minimum atomic E-state index is 0.125. The molecule has 1 aliphatic rings. The zero-order valence-corrected chi connectivity index (χ0v) is 6.28. The molecule has 0 aromatic rings. The van der Waals surface area contributed by atoms with Crippen LogP contribution in [-0.4, -0.2) is 5.11 Å². The second-order valence-corrected chi connectivity index (χ2v) is 2.52. The maximum atomic E-state index is 9.10. The van der Waals surface area contributed by atoms with Gasteiger partial charge in [-0.2, -0.15) is 5.26 Å². The van der Waals surface area contributed by atoms with Gasteiger partial charge in [0.15, 0.2) is 0 Å². The SMILES string of the molecule is C[C@@H]1C=C(O)C=CC(C#N)=C1. The van der Waals surface area contributed by atoms with E-state index in [9.17, 15) is 0 Å². The van der Waals surface area contributed by atoms with E-state index in [0.717, 1.165) is 0 Å². The van der Waals surface area contributed by atoms with Crippen LogP contribution in [0.3, 0.4) is 0 Å². The molecule has 0 aromatic heterocycles. The molecule has 0 saturated heterocycles. The van der Waals surface area contributed by atoms with E-state index in [2.05, 4.69) is 0 Å². The Hall–Kier alpha value is -1.49. The Balaban J connectivity index is 2.94. The van der Waals surface area contributed by atoms with Gasteiger partial charge in [0.2, 0.25) is 0 Å². The topological polar surface area (TPSA) is 44.0 Å². The zero-order valence-electron chi connectivity index (χ0n) is 6.28. The van der Waals surface area contributed by atoms with E-state index in [4.69, 9.17) is 10.4 Å². The Kier molecular flexibility index (Phi) is 2.12. The molecular formula is C9H9NO. The Morgan fingerprint density at radius 2 is 2.18 bits per heavy atom. The van der Waals surface area contributed by atoms with Crippen molar-refractivity contribution in [3.05, 3.63) is 35.6 Å². The van der Waals surface area contributed by atoms with E-state index in [1.165, 1.54) is 6.08 Å². The van der Waals surface area contributed by atoms with Gasteiger partial charge in [-0.15, -0.1) is 0 Å². The number of allylic oxidation sites excluding steroid dienone is 5. The fraction of sp³-hybridized carbons (Fsp3) is 0.222.